The second-order valence-electron chi connectivity index (χ2n) is 7.18. The first kappa shape index (κ1) is 18.9. The highest BCUT2D eigenvalue weighted by molar-refractivity contribution is 5.53. The van der Waals surface area contributed by atoms with E-state index in [2.05, 4.69) is 34.9 Å². The molecule has 2 aliphatic heterocycles. The summed E-state index contributed by atoms with van der Waals surface area (Å²) in [5.41, 5.74) is 5.11. The third kappa shape index (κ3) is 3.16. The van der Waals surface area contributed by atoms with Crippen LogP contribution in [0.5, 0.6) is 23.0 Å². The van der Waals surface area contributed by atoms with E-state index in [0.29, 0.717) is 0 Å². The third-order valence-electron chi connectivity index (χ3n) is 5.81. The molecule has 2 aromatic carbocycles. The van der Waals surface area contributed by atoms with E-state index < -0.39 is 0 Å². The van der Waals surface area contributed by atoms with E-state index in [1.807, 2.05) is 0 Å². The predicted molar refractivity (Wildman–Crippen MR) is 108 cm³/mol. The van der Waals surface area contributed by atoms with E-state index in [1.54, 1.807) is 28.4 Å². The Hall–Kier alpha value is -2.44. The summed E-state index contributed by atoms with van der Waals surface area (Å²) >= 11 is 0. The first-order valence-electron chi connectivity index (χ1n) is 9.66. The fourth-order valence-corrected chi connectivity index (χ4v) is 4.43. The highest BCUT2D eigenvalue weighted by Gasteiger charge is 2.33. The maximum Gasteiger partial charge on any atom is 0.161 e. The summed E-state index contributed by atoms with van der Waals surface area (Å²) in [6.07, 6.45) is 1.94. The Morgan fingerprint density at radius 2 is 0.964 bits per heavy atom. The number of fused-ring (bicyclic) bond motifs is 2. The highest BCUT2D eigenvalue weighted by atomic mass is 16.5. The molecule has 150 valence electrons. The quantitative estimate of drug-likeness (QED) is 0.827. The average molecular weight is 384 g/mol. The van der Waals surface area contributed by atoms with Gasteiger partial charge in [-0.2, -0.15) is 0 Å². The smallest absolute Gasteiger partial charge is 0.161 e. The van der Waals surface area contributed by atoms with E-state index in [4.69, 9.17) is 18.9 Å². The molecule has 2 aliphatic rings. The minimum Gasteiger partial charge on any atom is -0.493 e. The molecular weight excluding hydrogens is 356 g/mol. The standard InChI is InChI=1S/C22H28N2O4/c1-25-17-9-13-5-7-23-21(15(13)11-19(17)27-3)22-16-12-20(28-4)18(26-2)10-14(16)6-8-24-22/h9-12,21-24H,5-8H2,1-4H3. The van der Waals surface area contributed by atoms with Gasteiger partial charge in [0.1, 0.15) is 0 Å². The van der Waals surface area contributed by atoms with Gasteiger partial charge in [0.15, 0.2) is 23.0 Å². The zero-order valence-corrected chi connectivity index (χ0v) is 16.9. The monoisotopic (exact) mass is 384 g/mol. The summed E-state index contributed by atoms with van der Waals surface area (Å²) < 4.78 is 22.1. The lowest BCUT2D eigenvalue weighted by Crippen LogP contribution is -2.42. The molecule has 6 nitrogen and oxygen atoms in total. The molecule has 2 unspecified atom stereocenters. The zero-order valence-electron chi connectivity index (χ0n) is 16.9. The molecule has 0 aromatic heterocycles. The van der Waals surface area contributed by atoms with Gasteiger partial charge in [-0.3, -0.25) is 0 Å². The van der Waals surface area contributed by atoms with Crippen LogP contribution < -0.4 is 29.6 Å². The van der Waals surface area contributed by atoms with Gasteiger partial charge in [0.05, 0.1) is 40.5 Å². The lowest BCUT2D eigenvalue weighted by atomic mass is 9.82. The van der Waals surface area contributed by atoms with E-state index >= 15 is 0 Å². The summed E-state index contributed by atoms with van der Waals surface area (Å²) in [6.45, 7) is 1.85. The molecule has 2 N–H and O–H groups in total. The molecule has 0 saturated heterocycles. The Morgan fingerprint density at radius 1 is 0.607 bits per heavy atom. The molecule has 0 spiro atoms. The summed E-state index contributed by atoms with van der Waals surface area (Å²) in [6, 6.07) is 8.73. The molecule has 2 aromatic rings. The first-order chi connectivity index (χ1) is 13.7. The largest absolute Gasteiger partial charge is 0.493 e. The van der Waals surface area contributed by atoms with E-state index in [-0.39, 0.29) is 12.1 Å². The maximum absolute atomic E-state index is 5.56. The van der Waals surface area contributed by atoms with Crippen molar-refractivity contribution in [3.63, 3.8) is 0 Å². The van der Waals surface area contributed by atoms with Gasteiger partial charge in [0.2, 0.25) is 0 Å². The van der Waals surface area contributed by atoms with Gasteiger partial charge >= 0.3 is 0 Å². The molecule has 2 heterocycles. The SMILES string of the molecule is COc1cc2c(cc1OC)C(C1NCCc3cc(OC)c(OC)cc31)NCC2. The summed E-state index contributed by atoms with van der Waals surface area (Å²) in [7, 11) is 6.73. The van der Waals surface area contributed by atoms with Crippen molar-refractivity contribution in [2.45, 2.75) is 24.9 Å². The Labute approximate surface area is 166 Å². The summed E-state index contributed by atoms with van der Waals surface area (Å²) in [5, 5.41) is 7.42. The molecule has 6 heteroatoms. The van der Waals surface area contributed by atoms with E-state index in [9.17, 15) is 0 Å². The van der Waals surface area contributed by atoms with Crippen molar-refractivity contribution in [2.75, 3.05) is 41.5 Å². The van der Waals surface area contributed by atoms with E-state index in [1.165, 1.54) is 22.3 Å². The van der Waals surface area contributed by atoms with Crippen LogP contribution in [-0.4, -0.2) is 41.5 Å². The number of ether oxygens (including phenoxy) is 4. The zero-order chi connectivity index (χ0) is 19.7. The van der Waals surface area contributed by atoms with Crippen LogP contribution in [0.15, 0.2) is 24.3 Å². The van der Waals surface area contributed by atoms with Gasteiger partial charge in [-0.15, -0.1) is 0 Å². The fourth-order valence-electron chi connectivity index (χ4n) is 4.43. The molecule has 0 radical (unpaired) electrons. The molecule has 0 saturated carbocycles. The molecule has 2 atom stereocenters. The van der Waals surface area contributed by atoms with Crippen LogP contribution in [0.2, 0.25) is 0 Å². The Bertz CT molecular complexity index is 797. The number of nitrogens with one attached hydrogen (secondary N) is 2. The van der Waals surface area contributed by atoms with Gasteiger partial charge in [-0.05, 0) is 72.5 Å². The second-order valence-corrected chi connectivity index (χ2v) is 7.18. The molecule has 28 heavy (non-hydrogen) atoms. The van der Waals surface area contributed by atoms with Crippen molar-refractivity contribution in [3.05, 3.63) is 46.5 Å². The minimum atomic E-state index is 0.140. The topological polar surface area (TPSA) is 61.0 Å². The number of hydrogen-bond donors (Lipinski definition) is 2. The van der Waals surface area contributed by atoms with Gasteiger partial charge in [0, 0.05) is 0 Å². The van der Waals surface area contributed by atoms with Gasteiger partial charge in [0.25, 0.3) is 0 Å². The van der Waals surface area contributed by atoms with Gasteiger partial charge in [-0.1, -0.05) is 0 Å². The van der Waals surface area contributed by atoms with Crippen molar-refractivity contribution < 1.29 is 18.9 Å². The summed E-state index contributed by atoms with van der Waals surface area (Å²) in [5.74, 6) is 3.09. The third-order valence-corrected chi connectivity index (χ3v) is 5.81. The maximum atomic E-state index is 5.56. The van der Waals surface area contributed by atoms with Crippen molar-refractivity contribution in [1.29, 1.82) is 0 Å². The molecule has 4 rings (SSSR count). The highest BCUT2D eigenvalue weighted by Crippen LogP contribution is 2.43. The van der Waals surface area contributed by atoms with Crippen LogP contribution in [0.3, 0.4) is 0 Å². The second kappa shape index (κ2) is 7.89. The van der Waals surface area contributed by atoms with Crippen LogP contribution in [0.25, 0.3) is 0 Å². The van der Waals surface area contributed by atoms with Crippen molar-refractivity contribution in [2.24, 2.45) is 0 Å². The normalized spacial score (nSPS) is 20.7. The Balaban J connectivity index is 1.78. The molecule has 0 bridgehead atoms. The van der Waals surface area contributed by atoms with Crippen LogP contribution in [-0.2, 0) is 12.8 Å². The lowest BCUT2D eigenvalue weighted by molar-refractivity contribution is 0.334. The predicted octanol–water partition coefficient (Wildman–Crippen LogP) is 2.79. The number of rotatable bonds is 5. The molecule has 0 aliphatic carbocycles. The first-order valence-corrected chi connectivity index (χ1v) is 9.66. The number of benzene rings is 2. The number of methoxy groups -OCH3 is 4. The van der Waals surface area contributed by atoms with Crippen LogP contribution in [0, 0.1) is 0 Å². The van der Waals surface area contributed by atoms with Crippen LogP contribution in [0.4, 0.5) is 0 Å². The Morgan fingerprint density at radius 3 is 1.32 bits per heavy atom. The minimum absolute atomic E-state index is 0.140. The molecule has 0 amide bonds. The number of hydrogen-bond acceptors (Lipinski definition) is 6. The van der Waals surface area contributed by atoms with Crippen molar-refractivity contribution in [1.82, 2.24) is 10.6 Å². The van der Waals surface area contributed by atoms with Gasteiger partial charge in [-0.25, -0.2) is 0 Å². The average Bonchev–Trinajstić information content (AvgIpc) is 2.76. The van der Waals surface area contributed by atoms with E-state index in [0.717, 1.165) is 48.9 Å². The summed E-state index contributed by atoms with van der Waals surface area (Å²) in [4.78, 5) is 0. The Kier molecular flexibility index (Phi) is 5.33. The van der Waals surface area contributed by atoms with Gasteiger partial charge < -0.3 is 29.6 Å². The van der Waals surface area contributed by atoms with Crippen molar-refractivity contribution >= 4 is 0 Å². The van der Waals surface area contributed by atoms with Crippen molar-refractivity contribution in [3.8, 4) is 23.0 Å². The molecular formula is C22H28N2O4. The van der Waals surface area contributed by atoms with Crippen LogP contribution in [0.1, 0.15) is 34.3 Å². The molecule has 0 fully saturated rings. The fraction of sp³-hybridized carbons (Fsp3) is 0.455. The lowest BCUT2D eigenvalue weighted by Gasteiger charge is -2.38. The van der Waals surface area contributed by atoms with Crippen LogP contribution >= 0.6 is 0 Å².